The van der Waals surface area contributed by atoms with Gasteiger partial charge in [-0.2, -0.15) is 0 Å². The Balaban J connectivity index is 2.39. The van der Waals surface area contributed by atoms with Gasteiger partial charge in [-0.15, -0.1) is 11.3 Å². The number of carbonyl (C=O) groups is 1. The van der Waals surface area contributed by atoms with Gasteiger partial charge in [-0.1, -0.05) is 11.6 Å². The van der Waals surface area contributed by atoms with Crippen LogP contribution in [0.2, 0.25) is 5.02 Å². The van der Waals surface area contributed by atoms with Gasteiger partial charge in [-0.25, -0.2) is 4.98 Å². The summed E-state index contributed by atoms with van der Waals surface area (Å²) in [6.45, 7) is 3.27. The first-order valence-corrected chi connectivity index (χ1v) is 7.15. The fourth-order valence-corrected chi connectivity index (χ4v) is 2.84. The molecular weight excluding hydrogens is 298 g/mol. The van der Waals surface area contributed by atoms with E-state index in [4.69, 9.17) is 16.3 Å². The van der Waals surface area contributed by atoms with E-state index in [2.05, 4.69) is 4.98 Å². The normalized spacial score (nSPS) is 11.4. The predicted molar refractivity (Wildman–Crippen MR) is 79.8 cm³/mol. The minimum Gasteiger partial charge on any atom is -0.495 e. The number of rotatable bonds is 4. The minimum absolute atomic E-state index is 0.499. The number of carboxylic acids is 1. The number of aromatic nitrogens is 1. The second kappa shape index (κ2) is 5.42. The van der Waals surface area contributed by atoms with Crippen molar-refractivity contribution in [3.8, 4) is 16.3 Å². The highest BCUT2D eigenvalue weighted by Crippen LogP contribution is 2.34. The molecule has 0 spiro atoms. The molecule has 0 amide bonds. The number of thiazole rings is 1. The Labute approximate surface area is 126 Å². The van der Waals surface area contributed by atoms with Crippen molar-refractivity contribution >= 4 is 28.9 Å². The molecule has 1 aromatic carbocycles. The number of hydrogen-bond donors (Lipinski definition) is 1. The van der Waals surface area contributed by atoms with E-state index in [9.17, 15) is 9.90 Å². The van der Waals surface area contributed by atoms with Crippen LogP contribution in [0.15, 0.2) is 23.6 Å². The Morgan fingerprint density at radius 2 is 2.15 bits per heavy atom. The van der Waals surface area contributed by atoms with Crippen LogP contribution in [0.3, 0.4) is 0 Å². The number of halogens is 1. The lowest BCUT2D eigenvalue weighted by molar-refractivity contribution is -0.142. The first kappa shape index (κ1) is 14.8. The van der Waals surface area contributed by atoms with Crippen molar-refractivity contribution < 1.29 is 14.6 Å². The van der Waals surface area contributed by atoms with E-state index < -0.39 is 11.4 Å². The fourth-order valence-electron chi connectivity index (χ4n) is 1.60. The van der Waals surface area contributed by atoms with Gasteiger partial charge in [-0.3, -0.25) is 4.79 Å². The zero-order chi connectivity index (χ0) is 14.9. The number of hydrogen-bond acceptors (Lipinski definition) is 4. The van der Waals surface area contributed by atoms with Crippen LogP contribution in [0.4, 0.5) is 0 Å². The van der Waals surface area contributed by atoms with E-state index in [0.29, 0.717) is 16.5 Å². The largest absolute Gasteiger partial charge is 0.495 e. The van der Waals surface area contributed by atoms with E-state index in [1.807, 2.05) is 6.07 Å². The minimum atomic E-state index is -1.01. The van der Waals surface area contributed by atoms with Crippen LogP contribution in [-0.4, -0.2) is 23.2 Å². The van der Waals surface area contributed by atoms with Crippen molar-refractivity contribution in [3.05, 3.63) is 34.3 Å². The number of aliphatic carboxylic acids is 1. The first-order chi connectivity index (χ1) is 9.36. The van der Waals surface area contributed by atoms with E-state index in [0.717, 1.165) is 10.6 Å². The third-order valence-electron chi connectivity index (χ3n) is 3.08. The maximum atomic E-state index is 11.2. The molecule has 0 fully saturated rings. The monoisotopic (exact) mass is 311 g/mol. The van der Waals surface area contributed by atoms with Crippen LogP contribution in [0, 0.1) is 0 Å². The van der Waals surface area contributed by atoms with Crippen molar-refractivity contribution in [2.45, 2.75) is 19.3 Å². The second-order valence-electron chi connectivity index (χ2n) is 4.82. The van der Waals surface area contributed by atoms with E-state index >= 15 is 0 Å². The van der Waals surface area contributed by atoms with Crippen molar-refractivity contribution in [1.29, 1.82) is 0 Å². The Bertz CT molecular complexity index is 652. The summed E-state index contributed by atoms with van der Waals surface area (Å²) in [6, 6.07) is 5.37. The Morgan fingerprint density at radius 3 is 2.70 bits per heavy atom. The molecule has 0 aliphatic carbocycles. The molecule has 106 valence electrons. The molecule has 1 heterocycles. The Kier molecular flexibility index (Phi) is 4.01. The molecule has 6 heteroatoms. The maximum absolute atomic E-state index is 11.2. The van der Waals surface area contributed by atoms with Gasteiger partial charge in [-0.05, 0) is 32.0 Å². The standard InChI is InChI=1S/C14H14ClNO3S/c1-14(2,13(17)18)11-7-20-12(16-11)8-4-5-10(19-3)9(15)6-8/h4-7H,1-3H3,(H,17,18). The molecule has 0 aliphatic heterocycles. The van der Waals surface area contributed by atoms with Crippen molar-refractivity contribution in [3.63, 3.8) is 0 Å². The van der Waals surface area contributed by atoms with Gasteiger partial charge >= 0.3 is 5.97 Å². The number of ether oxygens (including phenoxy) is 1. The zero-order valence-electron chi connectivity index (χ0n) is 11.3. The average molecular weight is 312 g/mol. The van der Waals surface area contributed by atoms with Crippen LogP contribution in [-0.2, 0) is 10.2 Å². The molecule has 0 saturated carbocycles. The maximum Gasteiger partial charge on any atom is 0.315 e. The third-order valence-corrected chi connectivity index (χ3v) is 4.26. The van der Waals surface area contributed by atoms with Gasteiger partial charge in [0.15, 0.2) is 0 Å². The summed E-state index contributed by atoms with van der Waals surface area (Å²) in [4.78, 5) is 15.6. The second-order valence-corrected chi connectivity index (χ2v) is 6.08. The smallest absolute Gasteiger partial charge is 0.315 e. The molecule has 2 rings (SSSR count). The number of methoxy groups -OCH3 is 1. The SMILES string of the molecule is COc1ccc(-c2nc(C(C)(C)C(=O)O)cs2)cc1Cl. The van der Waals surface area contributed by atoms with Gasteiger partial charge in [0, 0.05) is 10.9 Å². The van der Waals surface area contributed by atoms with Crippen LogP contribution in [0.5, 0.6) is 5.75 Å². The summed E-state index contributed by atoms with van der Waals surface area (Å²) in [5.74, 6) is -0.305. The lowest BCUT2D eigenvalue weighted by atomic mass is 9.90. The summed E-state index contributed by atoms with van der Waals surface area (Å²) < 4.78 is 5.10. The van der Waals surface area contributed by atoms with Crippen LogP contribution in [0.25, 0.3) is 10.6 Å². The fraction of sp³-hybridized carbons (Fsp3) is 0.286. The van der Waals surface area contributed by atoms with Crippen molar-refractivity contribution in [2.24, 2.45) is 0 Å². The van der Waals surface area contributed by atoms with E-state index in [1.165, 1.54) is 11.3 Å². The molecule has 0 atom stereocenters. The first-order valence-electron chi connectivity index (χ1n) is 5.89. The predicted octanol–water partition coefficient (Wildman–Crippen LogP) is 3.83. The zero-order valence-corrected chi connectivity index (χ0v) is 12.9. The highest BCUT2D eigenvalue weighted by Gasteiger charge is 2.32. The van der Waals surface area contributed by atoms with Crippen LogP contribution < -0.4 is 4.74 Å². The van der Waals surface area contributed by atoms with Crippen LogP contribution >= 0.6 is 22.9 Å². The molecule has 0 aliphatic rings. The van der Waals surface area contributed by atoms with Gasteiger partial charge in [0.05, 0.1) is 17.8 Å². The molecule has 2 aromatic rings. The summed E-state index contributed by atoms with van der Waals surface area (Å²) in [5.41, 5.74) is 0.371. The molecule has 1 N–H and O–H groups in total. The van der Waals surface area contributed by atoms with E-state index in [-0.39, 0.29) is 0 Å². The highest BCUT2D eigenvalue weighted by atomic mass is 35.5. The molecule has 1 aromatic heterocycles. The average Bonchev–Trinajstić information content (AvgIpc) is 2.88. The summed E-state index contributed by atoms with van der Waals surface area (Å²) in [7, 11) is 1.55. The topological polar surface area (TPSA) is 59.4 Å². The number of carboxylic acid groups (broad SMARTS) is 1. The molecule has 0 saturated heterocycles. The summed E-state index contributed by atoms with van der Waals surface area (Å²) >= 11 is 7.48. The van der Waals surface area contributed by atoms with E-state index in [1.54, 1.807) is 38.5 Å². The van der Waals surface area contributed by atoms with Crippen molar-refractivity contribution in [1.82, 2.24) is 4.98 Å². The molecule has 4 nitrogen and oxygen atoms in total. The summed E-state index contributed by atoms with van der Waals surface area (Å²) in [5, 5.41) is 12.2. The van der Waals surface area contributed by atoms with Gasteiger partial charge in [0.25, 0.3) is 0 Å². The molecule has 20 heavy (non-hydrogen) atoms. The van der Waals surface area contributed by atoms with Crippen LogP contribution in [0.1, 0.15) is 19.5 Å². The molecule has 0 radical (unpaired) electrons. The Morgan fingerprint density at radius 1 is 1.45 bits per heavy atom. The quantitative estimate of drug-likeness (QED) is 0.932. The lowest BCUT2D eigenvalue weighted by Crippen LogP contribution is -2.28. The number of benzene rings is 1. The number of nitrogens with zero attached hydrogens (tertiary/aromatic N) is 1. The Hall–Kier alpha value is -1.59. The molecule has 0 unspecified atom stereocenters. The lowest BCUT2D eigenvalue weighted by Gasteiger charge is -2.15. The van der Waals surface area contributed by atoms with Crippen molar-refractivity contribution in [2.75, 3.05) is 7.11 Å². The third kappa shape index (κ3) is 2.64. The van der Waals surface area contributed by atoms with Gasteiger partial charge in [0.1, 0.15) is 16.2 Å². The van der Waals surface area contributed by atoms with Gasteiger partial charge < -0.3 is 9.84 Å². The van der Waals surface area contributed by atoms with Gasteiger partial charge in [0.2, 0.25) is 0 Å². The summed E-state index contributed by atoms with van der Waals surface area (Å²) in [6.07, 6.45) is 0. The molecule has 0 bridgehead atoms. The highest BCUT2D eigenvalue weighted by molar-refractivity contribution is 7.13. The molecular formula is C14H14ClNO3S.